The van der Waals surface area contributed by atoms with Crippen molar-refractivity contribution in [3.63, 3.8) is 0 Å². The molecule has 0 radical (unpaired) electrons. The highest BCUT2D eigenvalue weighted by molar-refractivity contribution is 6.60. The predicted octanol–water partition coefficient (Wildman–Crippen LogP) is 3.69. The molecule has 0 heterocycles. The Hall–Kier alpha value is -1.14. The smallest absolute Gasteiger partial charge is 0.488 e. The van der Waals surface area contributed by atoms with E-state index in [9.17, 15) is 0 Å². The second-order valence-electron chi connectivity index (χ2n) is 4.31. The summed E-state index contributed by atoms with van der Waals surface area (Å²) in [4.78, 5) is 0. The van der Waals surface area contributed by atoms with Gasteiger partial charge in [0.25, 0.3) is 0 Å². The van der Waals surface area contributed by atoms with Gasteiger partial charge in [0.2, 0.25) is 0 Å². The summed E-state index contributed by atoms with van der Waals surface area (Å²) >= 11 is 0. The Morgan fingerprint density at radius 2 is 1.52 bits per heavy atom. The maximum absolute atomic E-state index is 5.95. The van der Waals surface area contributed by atoms with Crippen LogP contribution in [0.5, 0.6) is 5.75 Å². The lowest BCUT2D eigenvalue weighted by molar-refractivity contribution is 0.0541. The van der Waals surface area contributed by atoms with Gasteiger partial charge in [-0.25, -0.2) is 0 Å². The lowest BCUT2D eigenvalue weighted by Crippen LogP contribution is -2.51. The highest BCUT2D eigenvalue weighted by Crippen LogP contribution is 2.21. The molecule has 0 unspecified atom stereocenters. The average Bonchev–Trinajstić information content (AvgIpc) is 2.48. The van der Waals surface area contributed by atoms with E-state index in [1.165, 1.54) is 0 Å². The van der Waals surface area contributed by atoms with Crippen LogP contribution in [0.15, 0.2) is 30.3 Å². The lowest BCUT2D eigenvalue weighted by atomic mass is 10.2. The van der Waals surface area contributed by atoms with Gasteiger partial charge >= 0.3 is 8.80 Å². The molecule has 0 saturated carbocycles. The van der Waals surface area contributed by atoms with E-state index in [4.69, 9.17) is 18.0 Å². The fraction of sp³-hybridized carbons (Fsp3) is 0.500. The zero-order valence-corrected chi connectivity index (χ0v) is 14.4. The van der Waals surface area contributed by atoms with E-state index >= 15 is 0 Å². The minimum Gasteiger partial charge on any atom is -0.488 e. The molecule has 0 saturated heterocycles. The molecule has 0 aromatic heterocycles. The predicted molar refractivity (Wildman–Crippen MR) is 87.3 cm³/mol. The summed E-state index contributed by atoms with van der Waals surface area (Å²) in [6.45, 7) is 9.44. The van der Waals surface area contributed by atoms with Gasteiger partial charge in [-0.3, -0.25) is 0 Å². The standard InChI is InChI=1S/C16H26O4Si/c1-5-11-15-12-9-10-13-16(15)17-14-21(18-6-2,19-7-3)20-8-4/h5,9-13H,6-8,14H2,1-4H3/b11-5+. The molecule has 0 bridgehead atoms. The summed E-state index contributed by atoms with van der Waals surface area (Å²) < 4.78 is 23.3. The molecule has 0 spiro atoms. The molecule has 118 valence electrons. The van der Waals surface area contributed by atoms with Gasteiger partial charge in [-0.05, 0) is 33.8 Å². The van der Waals surface area contributed by atoms with Gasteiger partial charge in [-0.2, -0.15) is 0 Å². The van der Waals surface area contributed by atoms with Gasteiger partial charge in [-0.15, -0.1) is 0 Å². The van der Waals surface area contributed by atoms with Crippen LogP contribution in [0.2, 0.25) is 0 Å². The SMILES string of the molecule is C/C=C/c1ccccc1OC[Si](OCC)(OCC)OCC. The molecular weight excluding hydrogens is 284 g/mol. The van der Waals surface area contributed by atoms with Crippen LogP contribution in [0.1, 0.15) is 33.3 Å². The minimum atomic E-state index is -2.77. The second-order valence-corrected chi connectivity index (χ2v) is 6.83. The molecule has 0 atom stereocenters. The van der Waals surface area contributed by atoms with Crippen molar-refractivity contribution in [1.29, 1.82) is 0 Å². The van der Waals surface area contributed by atoms with Crippen LogP contribution in [-0.2, 0) is 13.3 Å². The fourth-order valence-corrected chi connectivity index (χ4v) is 4.16. The molecule has 0 aliphatic rings. The van der Waals surface area contributed by atoms with Crippen molar-refractivity contribution in [2.45, 2.75) is 27.7 Å². The van der Waals surface area contributed by atoms with Crippen LogP contribution in [0.3, 0.4) is 0 Å². The number of rotatable bonds is 10. The van der Waals surface area contributed by atoms with E-state index in [0.29, 0.717) is 26.1 Å². The first-order valence-corrected chi connectivity index (χ1v) is 9.40. The Kier molecular flexibility index (Phi) is 8.30. The highest BCUT2D eigenvalue weighted by Gasteiger charge is 2.42. The maximum Gasteiger partial charge on any atom is 0.540 e. The number of ether oxygens (including phenoxy) is 1. The first-order chi connectivity index (χ1) is 10.2. The topological polar surface area (TPSA) is 36.9 Å². The van der Waals surface area contributed by atoms with Crippen molar-refractivity contribution in [1.82, 2.24) is 0 Å². The van der Waals surface area contributed by atoms with E-state index < -0.39 is 8.80 Å². The number of benzene rings is 1. The minimum absolute atomic E-state index is 0.317. The monoisotopic (exact) mass is 310 g/mol. The molecule has 4 nitrogen and oxygen atoms in total. The molecule has 0 amide bonds. The van der Waals surface area contributed by atoms with E-state index in [1.54, 1.807) is 0 Å². The second kappa shape index (κ2) is 9.73. The van der Waals surface area contributed by atoms with Crippen LogP contribution < -0.4 is 4.74 Å². The van der Waals surface area contributed by atoms with Gasteiger partial charge in [0, 0.05) is 25.4 Å². The van der Waals surface area contributed by atoms with E-state index in [1.807, 2.05) is 64.1 Å². The van der Waals surface area contributed by atoms with E-state index in [-0.39, 0.29) is 0 Å². The Morgan fingerprint density at radius 3 is 2.05 bits per heavy atom. The molecule has 1 aromatic carbocycles. The third kappa shape index (κ3) is 5.63. The van der Waals surface area contributed by atoms with E-state index in [2.05, 4.69) is 0 Å². The van der Waals surface area contributed by atoms with Crippen molar-refractivity contribution in [3.05, 3.63) is 35.9 Å². The molecule has 0 fully saturated rings. The summed E-state index contributed by atoms with van der Waals surface area (Å²) in [5, 5.41) is 0. The van der Waals surface area contributed by atoms with Gasteiger partial charge in [-0.1, -0.05) is 30.4 Å². The number of allylic oxidation sites excluding steroid dienone is 1. The molecule has 1 rings (SSSR count). The summed E-state index contributed by atoms with van der Waals surface area (Å²) in [6, 6.07) is 7.90. The first-order valence-electron chi connectivity index (χ1n) is 7.47. The molecular formula is C16H26O4Si. The number of hydrogen-bond donors (Lipinski definition) is 0. The van der Waals surface area contributed by atoms with Crippen molar-refractivity contribution in [3.8, 4) is 5.75 Å². The van der Waals surface area contributed by atoms with Gasteiger partial charge < -0.3 is 18.0 Å². The van der Waals surface area contributed by atoms with Gasteiger partial charge in [0.15, 0.2) is 6.23 Å². The first kappa shape index (κ1) is 17.9. The van der Waals surface area contributed by atoms with Crippen molar-refractivity contribution in [2.75, 3.05) is 26.1 Å². The summed E-state index contributed by atoms with van der Waals surface area (Å²) in [5.74, 6) is 0.812. The van der Waals surface area contributed by atoms with Crippen molar-refractivity contribution in [2.24, 2.45) is 0 Å². The van der Waals surface area contributed by atoms with Gasteiger partial charge in [0.1, 0.15) is 5.75 Å². The molecule has 0 aliphatic heterocycles. The van der Waals surface area contributed by atoms with Crippen molar-refractivity contribution >= 4 is 14.9 Å². The zero-order valence-electron chi connectivity index (χ0n) is 13.4. The van der Waals surface area contributed by atoms with Gasteiger partial charge in [0.05, 0.1) is 0 Å². The quantitative estimate of drug-likeness (QED) is 0.618. The van der Waals surface area contributed by atoms with Crippen molar-refractivity contribution < 1.29 is 18.0 Å². The summed E-state index contributed by atoms with van der Waals surface area (Å²) in [6.07, 6.45) is 4.32. The Balaban J connectivity index is 2.84. The number of hydrogen-bond acceptors (Lipinski definition) is 4. The highest BCUT2D eigenvalue weighted by atomic mass is 28.4. The van der Waals surface area contributed by atoms with Crippen LogP contribution in [0.25, 0.3) is 6.08 Å². The lowest BCUT2D eigenvalue weighted by Gasteiger charge is -2.28. The Labute approximate surface area is 129 Å². The van der Waals surface area contributed by atoms with E-state index in [0.717, 1.165) is 11.3 Å². The molecule has 21 heavy (non-hydrogen) atoms. The van der Waals surface area contributed by atoms with Crippen LogP contribution >= 0.6 is 0 Å². The molecule has 1 aromatic rings. The maximum atomic E-state index is 5.95. The van der Waals surface area contributed by atoms with Crippen LogP contribution in [0, 0.1) is 0 Å². The molecule has 5 heteroatoms. The normalized spacial score (nSPS) is 12.0. The van der Waals surface area contributed by atoms with Crippen LogP contribution in [0.4, 0.5) is 0 Å². The largest absolute Gasteiger partial charge is 0.540 e. The number of para-hydroxylation sites is 1. The summed E-state index contributed by atoms with van der Waals surface area (Å²) in [5.41, 5.74) is 1.03. The Morgan fingerprint density at radius 1 is 0.952 bits per heavy atom. The summed E-state index contributed by atoms with van der Waals surface area (Å²) in [7, 11) is -2.77. The fourth-order valence-electron chi connectivity index (χ4n) is 2.01. The average molecular weight is 310 g/mol. The van der Waals surface area contributed by atoms with Crippen LogP contribution in [-0.4, -0.2) is 34.9 Å². The third-order valence-electron chi connectivity index (χ3n) is 2.76. The Bertz CT molecular complexity index is 417. The third-order valence-corrected chi connectivity index (χ3v) is 5.45. The molecule has 0 N–H and O–H groups in total. The molecule has 0 aliphatic carbocycles. The zero-order chi connectivity index (χ0) is 15.6.